The van der Waals surface area contributed by atoms with Crippen molar-refractivity contribution in [1.29, 1.82) is 0 Å². The summed E-state index contributed by atoms with van der Waals surface area (Å²) in [5.41, 5.74) is 7.86. The van der Waals surface area contributed by atoms with Gasteiger partial charge in [0.15, 0.2) is 0 Å². The summed E-state index contributed by atoms with van der Waals surface area (Å²) in [4.78, 5) is 2.47. The molecule has 5 heteroatoms. The van der Waals surface area contributed by atoms with Crippen LogP contribution in [0.25, 0.3) is 0 Å². The Morgan fingerprint density at radius 3 is 2.81 bits per heavy atom. The Hall–Kier alpha value is -1.30. The van der Waals surface area contributed by atoms with E-state index >= 15 is 0 Å². The quantitative estimate of drug-likeness (QED) is 0.556. The van der Waals surface area contributed by atoms with Crippen LogP contribution in [0.3, 0.4) is 0 Å². The van der Waals surface area contributed by atoms with Crippen molar-refractivity contribution in [3.05, 3.63) is 23.8 Å². The summed E-state index contributed by atoms with van der Waals surface area (Å²) in [7, 11) is 1.64. The Morgan fingerprint density at radius 2 is 2.10 bits per heavy atom. The molecule has 21 heavy (non-hydrogen) atoms. The summed E-state index contributed by atoms with van der Waals surface area (Å²) in [5.74, 6) is 0.747. The van der Waals surface area contributed by atoms with Crippen LogP contribution >= 0.6 is 0 Å². The van der Waals surface area contributed by atoms with Crippen LogP contribution in [0.4, 0.5) is 5.69 Å². The summed E-state index contributed by atoms with van der Waals surface area (Å²) in [5, 5.41) is 3.49. The number of benzene rings is 1. The summed E-state index contributed by atoms with van der Waals surface area (Å²) in [6, 6.07) is 6.00. The molecule has 1 aromatic rings. The fraction of sp³-hybridized carbons (Fsp3) is 0.625. The van der Waals surface area contributed by atoms with E-state index in [9.17, 15) is 0 Å². The van der Waals surface area contributed by atoms with E-state index in [4.69, 9.17) is 15.2 Å². The molecule has 118 valence electrons. The number of hydrogen-bond acceptors (Lipinski definition) is 5. The number of nitrogen functional groups attached to an aromatic ring is 1. The minimum atomic E-state index is 0.710. The number of ether oxygens (including phenoxy) is 2. The van der Waals surface area contributed by atoms with Crippen LogP contribution in [0, 0.1) is 0 Å². The highest BCUT2D eigenvalue weighted by atomic mass is 16.5. The Morgan fingerprint density at radius 1 is 1.29 bits per heavy atom. The second-order valence-corrected chi connectivity index (χ2v) is 5.38. The van der Waals surface area contributed by atoms with Crippen molar-refractivity contribution >= 4 is 5.69 Å². The number of morpholine rings is 1. The van der Waals surface area contributed by atoms with Crippen molar-refractivity contribution in [2.75, 3.05) is 58.8 Å². The predicted octanol–water partition coefficient (Wildman–Crippen LogP) is 1.13. The minimum Gasteiger partial charge on any atom is -0.495 e. The third-order valence-corrected chi connectivity index (χ3v) is 3.82. The molecule has 1 aromatic carbocycles. The molecule has 0 spiro atoms. The maximum Gasteiger partial charge on any atom is 0.141 e. The molecule has 0 atom stereocenters. The van der Waals surface area contributed by atoms with Crippen LogP contribution in [0.15, 0.2) is 18.2 Å². The fourth-order valence-electron chi connectivity index (χ4n) is 2.55. The van der Waals surface area contributed by atoms with E-state index in [0.29, 0.717) is 5.69 Å². The van der Waals surface area contributed by atoms with Gasteiger partial charge >= 0.3 is 0 Å². The van der Waals surface area contributed by atoms with Gasteiger partial charge in [-0.3, -0.25) is 4.90 Å². The fourth-order valence-corrected chi connectivity index (χ4v) is 2.55. The van der Waals surface area contributed by atoms with Gasteiger partial charge in [0, 0.05) is 13.1 Å². The normalized spacial score (nSPS) is 16.0. The Balaban J connectivity index is 1.56. The molecule has 1 aliphatic heterocycles. The molecule has 2 rings (SSSR count). The van der Waals surface area contributed by atoms with Crippen LogP contribution in [0.2, 0.25) is 0 Å². The van der Waals surface area contributed by atoms with Gasteiger partial charge in [0.05, 0.1) is 26.0 Å². The van der Waals surface area contributed by atoms with E-state index in [1.807, 2.05) is 12.1 Å². The van der Waals surface area contributed by atoms with Gasteiger partial charge in [0.25, 0.3) is 0 Å². The average molecular weight is 293 g/mol. The first-order valence-corrected chi connectivity index (χ1v) is 7.73. The van der Waals surface area contributed by atoms with Gasteiger partial charge in [0.2, 0.25) is 0 Å². The smallest absolute Gasteiger partial charge is 0.141 e. The second kappa shape index (κ2) is 8.87. The van der Waals surface area contributed by atoms with E-state index in [1.54, 1.807) is 7.11 Å². The highest BCUT2D eigenvalue weighted by molar-refractivity contribution is 5.54. The Kier molecular flexibility index (Phi) is 6.79. The first kappa shape index (κ1) is 16.1. The standard InChI is InChI=1S/C16H27N3O2/c1-20-16-4-3-14(13-15(16)17)5-7-18-6-2-8-19-9-11-21-12-10-19/h3-4,13,18H,2,5-12,17H2,1H3. The van der Waals surface area contributed by atoms with E-state index in [0.717, 1.165) is 58.1 Å². The molecule has 5 nitrogen and oxygen atoms in total. The van der Waals surface area contributed by atoms with Crippen LogP contribution in [-0.2, 0) is 11.2 Å². The van der Waals surface area contributed by atoms with Gasteiger partial charge < -0.3 is 20.5 Å². The van der Waals surface area contributed by atoms with Gasteiger partial charge in [0.1, 0.15) is 5.75 Å². The molecule has 0 saturated carbocycles. The number of rotatable bonds is 8. The zero-order chi connectivity index (χ0) is 14.9. The zero-order valence-electron chi connectivity index (χ0n) is 12.9. The Labute approximate surface area is 127 Å². The second-order valence-electron chi connectivity index (χ2n) is 5.38. The highest BCUT2D eigenvalue weighted by Crippen LogP contribution is 2.21. The number of nitrogens with two attached hydrogens (primary N) is 1. The van der Waals surface area contributed by atoms with Crippen molar-refractivity contribution in [1.82, 2.24) is 10.2 Å². The summed E-state index contributed by atoms with van der Waals surface area (Å²) in [6.07, 6.45) is 2.18. The molecule has 1 fully saturated rings. The molecular formula is C16H27N3O2. The van der Waals surface area contributed by atoms with Crippen LogP contribution in [0.5, 0.6) is 5.75 Å². The van der Waals surface area contributed by atoms with Crippen molar-refractivity contribution in [2.24, 2.45) is 0 Å². The molecule has 0 unspecified atom stereocenters. The maximum atomic E-state index is 5.91. The van der Waals surface area contributed by atoms with Crippen molar-refractivity contribution in [3.8, 4) is 5.75 Å². The molecule has 0 aliphatic carbocycles. The molecule has 0 amide bonds. The summed E-state index contributed by atoms with van der Waals surface area (Å²) < 4.78 is 10.5. The molecule has 0 radical (unpaired) electrons. The summed E-state index contributed by atoms with van der Waals surface area (Å²) in [6.45, 7) is 7.11. The Bertz CT molecular complexity index is 420. The molecular weight excluding hydrogens is 266 g/mol. The number of hydrogen-bond donors (Lipinski definition) is 2. The van der Waals surface area contributed by atoms with E-state index in [2.05, 4.69) is 16.3 Å². The van der Waals surface area contributed by atoms with Crippen molar-refractivity contribution < 1.29 is 9.47 Å². The zero-order valence-corrected chi connectivity index (χ0v) is 12.9. The lowest BCUT2D eigenvalue weighted by molar-refractivity contribution is 0.0375. The predicted molar refractivity (Wildman–Crippen MR) is 85.9 cm³/mol. The third-order valence-electron chi connectivity index (χ3n) is 3.82. The molecule has 0 aromatic heterocycles. The number of anilines is 1. The minimum absolute atomic E-state index is 0.710. The molecule has 1 saturated heterocycles. The molecule has 3 N–H and O–H groups in total. The van der Waals surface area contributed by atoms with Gasteiger partial charge in [-0.05, 0) is 50.2 Å². The molecule has 1 aliphatic rings. The first-order chi connectivity index (χ1) is 10.3. The lowest BCUT2D eigenvalue weighted by Gasteiger charge is -2.26. The number of nitrogens with one attached hydrogen (secondary N) is 1. The third kappa shape index (κ3) is 5.53. The largest absolute Gasteiger partial charge is 0.495 e. The van der Waals surface area contributed by atoms with Crippen molar-refractivity contribution in [2.45, 2.75) is 12.8 Å². The lowest BCUT2D eigenvalue weighted by atomic mass is 10.1. The van der Waals surface area contributed by atoms with Gasteiger partial charge in [-0.2, -0.15) is 0 Å². The SMILES string of the molecule is COc1ccc(CCNCCCN2CCOCC2)cc1N. The number of nitrogens with zero attached hydrogens (tertiary/aromatic N) is 1. The lowest BCUT2D eigenvalue weighted by Crippen LogP contribution is -2.37. The van der Waals surface area contributed by atoms with E-state index in [-0.39, 0.29) is 0 Å². The van der Waals surface area contributed by atoms with Crippen LogP contribution < -0.4 is 15.8 Å². The van der Waals surface area contributed by atoms with E-state index in [1.165, 1.54) is 12.0 Å². The molecule has 0 bridgehead atoms. The average Bonchev–Trinajstić information content (AvgIpc) is 2.52. The van der Waals surface area contributed by atoms with Crippen LogP contribution in [0.1, 0.15) is 12.0 Å². The number of methoxy groups -OCH3 is 1. The van der Waals surface area contributed by atoms with E-state index < -0.39 is 0 Å². The van der Waals surface area contributed by atoms with Crippen LogP contribution in [-0.4, -0.2) is 57.9 Å². The monoisotopic (exact) mass is 293 g/mol. The molecule has 1 heterocycles. The highest BCUT2D eigenvalue weighted by Gasteiger charge is 2.08. The van der Waals surface area contributed by atoms with Gasteiger partial charge in [-0.25, -0.2) is 0 Å². The van der Waals surface area contributed by atoms with Crippen molar-refractivity contribution in [3.63, 3.8) is 0 Å². The van der Waals surface area contributed by atoms with Gasteiger partial charge in [-0.15, -0.1) is 0 Å². The topological polar surface area (TPSA) is 59.8 Å². The summed E-state index contributed by atoms with van der Waals surface area (Å²) >= 11 is 0. The maximum absolute atomic E-state index is 5.91. The van der Waals surface area contributed by atoms with Gasteiger partial charge in [-0.1, -0.05) is 6.07 Å². The first-order valence-electron chi connectivity index (χ1n) is 7.73.